The molecule has 0 saturated carbocycles. The Morgan fingerprint density at radius 2 is 1.97 bits per heavy atom. The largest absolute Gasteiger partial charge is 0.365 e. The van der Waals surface area contributed by atoms with E-state index in [9.17, 15) is 9.59 Å². The van der Waals surface area contributed by atoms with Crippen molar-refractivity contribution in [3.8, 4) is 11.4 Å². The molecule has 1 aliphatic heterocycles. The van der Waals surface area contributed by atoms with Crippen molar-refractivity contribution in [2.45, 2.75) is 45.3 Å². The number of ether oxygens (including phenoxy) is 1. The summed E-state index contributed by atoms with van der Waals surface area (Å²) >= 11 is 1.33. The van der Waals surface area contributed by atoms with Gasteiger partial charge in [-0.15, -0.1) is 11.3 Å². The highest BCUT2D eigenvalue weighted by Crippen LogP contribution is 2.48. The van der Waals surface area contributed by atoms with Crippen molar-refractivity contribution in [2.24, 2.45) is 5.73 Å². The molecular formula is C21H23N5O3S. The van der Waals surface area contributed by atoms with E-state index in [0.717, 1.165) is 10.4 Å². The smallest absolute Gasteiger partial charge is 0.257 e. The van der Waals surface area contributed by atoms with Crippen LogP contribution in [-0.2, 0) is 16.8 Å². The Labute approximate surface area is 177 Å². The molecule has 4 rings (SSSR count). The van der Waals surface area contributed by atoms with Crippen molar-refractivity contribution in [2.75, 3.05) is 5.32 Å². The number of fused-ring (bicyclic) bond motifs is 1. The molecule has 3 aromatic rings. The van der Waals surface area contributed by atoms with E-state index in [1.807, 2.05) is 33.8 Å². The van der Waals surface area contributed by atoms with Crippen LogP contribution in [0.1, 0.15) is 58.9 Å². The van der Waals surface area contributed by atoms with Crippen molar-refractivity contribution in [1.82, 2.24) is 15.2 Å². The number of primary amides is 1. The predicted octanol–water partition coefficient (Wildman–Crippen LogP) is 3.47. The second-order valence-electron chi connectivity index (χ2n) is 8.36. The molecule has 2 amide bonds. The molecule has 4 N–H and O–H groups in total. The number of nitrogens with two attached hydrogens (primary N) is 1. The SMILES string of the molecule is CC1(C)Cc2c(sc(NC(=O)c3ccccc3-c3ncn[nH]3)c2C(N)=O)C(C)(C)O1. The first-order valence-corrected chi connectivity index (χ1v) is 10.3. The lowest BCUT2D eigenvalue weighted by atomic mass is 9.86. The molecule has 9 heteroatoms. The van der Waals surface area contributed by atoms with Crippen LogP contribution in [0.15, 0.2) is 30.6 Å². The Hall–Kier alpha value is -3.04. The standard InChI is InChI=1S/C21H23N5O3S/c1-20(2)9-13-14(16(22)27)19(30-15(13)21(3,4)29-20)25-18(28)12-8-6-5-7-11(12)17-23-10-24-26-17/h5-8,10H,9H2,1-4H3,(H2,22,27)(H,25,28)(H,23,24,26). The van der Waals surface area contributed by atoms with Gasteiger partial charge in [-0.05, 0) is 39.3 Å². The van der Waals surface area contributed by atoms with Crippen LogP contribution in [0.5, 0.6) is 0 Å². The number of hydrogen-bond donors (Lipinski definition) is 3. The molecule has 3 heterocycles. The maximum Gasteiger partial charge on any atom is 0.257 e. The number of amides is 2. The summed E-state index contributed by atoms with van der Waals surface area (Å²) in [5.41, 5.74) is 6.88. The maximum atomic E-state index is 13.2. The van der Waals surface area contributed by atoms with Crippen molar-refractivity contribution in [3.63, 3.8) is 0 Å². The number of aromatic nitrogens is 3. The van der Waals surface area contributed by atoms with Gasteiger partial charge in [-0.25, -0.2) is 4.98 Å². The number of carbonyl (C=O) groups excluding carboxylic acids is 2. The van der Waals surface area contributed by atoms with E-state index < -0.39 is 17.1 Å². The molecule has 2 aromatic heterocycles. The minimum Gasteiger partial charge on any atom is -0.365 e. The predicted molar refractivity (Wildman–Crippen MR) is 115 cm³/mol. The fourth-order valence-electron chi connectivity index (χ4n) is 4.06. The minimum atomic E-state index is -0.604. The number of nitrogens with one attached hydrogen (secondary N) is 2. The van der Waals surface area contributed by atoms with E-state index in [1.165, 1.54) is 17.7 Å². The fourth-order valence-corrected chi connectivity index (χ4v) is 5.32. The van der Waals surface area contributed by atoms with Crippen LogP contribution < -0.4 is 11.1 Å². The molecule has 0 radical (unpaired) electrons. The third-order valence-corrected chi connectivity index (χ3v) is 6.46. The number of thiophene rings is 1. The van der Waals surface area contributed by atoms with Crippen molar-refractivity contribution < 1.29 is 14.3 Å². The lowest BCUT2D eigenvalue weighted by molar-refractivity contribution is -0.135. The summed E-state index contributed by atoms with van der Waals surface area (Å²) in [6, 6.07) is 7.06. The second-order valence-corrected chi connectivity index (χ2v) is 9.38. The third kappa shape index (κ3) is 3.50. The molecule has 30 heavy (non-hydrogen) atoms. The second kappa shape index (κ2) is 7.03. The molecule has 0 aliphatic carbocycles. The van der Waals surface area contributed by atoms with Gasteiger partial charge in [0.2, 0.25) is 0 Å². The Balaban J connectivity index is 1.76. The van der Waals surface area contributed by atoms with Gasteiger partial charge in [0.1, 0.15) is 11.3 Å². The molecule has 1 aliphatic rings. The zero-order valence-corrected chi connectivity index (χ0v) is 18.0. The highest BCUT2D eigenvalue weighted by Gasteiger charge is 2.43. The molecule has 0 unspecified atom stereocenters. The summed E-state index contributed by atoms with van der Waals surface area (Å²) in [5, 5.41) is 9.95. The zero-order valence-electron chi connectivity index (χ0n) is 17.2. The summed E-state index contributed by atoms with van der Waals surface area (Å²) in [6.07, 6.45) is 1.91. The van der Waals surface area contributed by atoms with Crippen LogP contribution in [-0.4, -0.2) is 32.6 Å². The number of carbonyl (C=O) groups is 2. The molecule has 156 valence electrons. The van der Waals surface area contributed by atoms with E-state index in [0.29, 0.717) is 33.9 Å². The van der Waals surface area contributed by atoms with Gasteiger partial charge >= 0.3 is 0 Å². The Morgan fingerprint density at radius 1 is 1.23 bits per heavy atom. The first kappa shape index (κ1) is 20.2. The molecule has 8 nitrogen and oxygen atoms in total. The number of rotatable bonds is 4. The molecule has 0 atom stereocenters. The minimum absolute atomic E-state index is 0.352. The number of H-pyrrole nitrogens is 1. The van der Waals surface area contributed by atoms with Crippen LogP contribution in [0.3, 0.4) is 0 Å². The van der Waals surface area contributed by atoms with Crippen molar-refractivity contribution in [3.05, 3.63) is 52.2 Å². The van der Waals surface area contributed by atoms with Crippen LogP contribution in [0.2, 0.25) is 0 Å². The van der Waals surface area contributed by atoms with Gasteiger partial charge in [0.05, 0.1) is 22.3 Å². The average molecular weight is 426 g/mol. The summed E-state index contributed by atoms with van der Waals surface area (Å²) in [7, 11) is 0. The molecule has 0 fully saturated rings. The molecule has 0 bridgehead atoms. The van der Waals surface area contributed by atoms with Gasteiger partial charge in [-0.2, -0.15) is 5.10 Å². The van der Waals surface area contributed by atoms with E-state index in [1.54, 1.807) is 18.2 Å². The average Bonchev–Trinajstić information content (AvgIpc) is 3.28. The highest BCUT2D eigenvalue weighted by atomic mass is 32.1. The quantitative estimate of drug-likeness (QED) is 0.591. The zero-order chi connectivity index (χ0) is 21.7. The van der Waals surface area contributed by atoms with Gasteiger partial charge in [-0.1, -0.05) is 18.2 Å². The number of nitrogens with zero attached hydrogens (tertiary/aromatic N) is 2. The lowest BCUT2D eigenvalue weighted by Gasteiger charge is -2.41. The van der Waals surface area contributed by atoms with Crippen LogP contribution in [0.4, 0.5) is 5.00 Å². The van der Waals surface area contributed by atoms with Gasteiger partial charge in [0, 0.05) is 16.9 Å². The maximum absolute atomic E-state index is 13.2. The van der Waals surface area contributed by atoms with Gasteiger partial charge in [-0.3, -0.25) is 14.7 Å². The first-order valence-electron chi connectivity index (χ1n) is 9.51. The van der Waals surface area contributed by atoms with Crippen LogP contribution in [0.25, 0.3) is 11.4 Å². The summed E-state index contributed by atoms with van der Waals surface area (Å²) in [5.74, 6) is -0.446. The first-order chi connectivity index (χ1) is 14.1. The molecular weight excluding hydrogens is 402 g/mol. The molecule has 0 spiro atoms. The van der Waals surface area contributed by atoms with Crippen molar-refractivity contribution in [1.29, 1.82) is 0 Å². The topological polar surface area (TPSA) is 123 Å². The number of aromatic amines is 1. The van der Waals surface area contributed by atoms with Crippen LogP contribution >= 0.6 is 11.3 Å². The van der Waals surface area contributed by atoms with E-state index in [-0.39, 0.29) is 5.91 Å². The number of anilines is 1. The number of benzene rings is 1. The lowest BCUT2D eigenvalue weighted by Crippen LogP contribution is -2.42. The third-order valence-electron chi connectivity index (χ3n) is 5.00. The van der Waals surface area contributed by atoms with E-state index in [4.69, 9.17) is 10.5 Å². The molecule has 1 aromatic carbocycles. The van der Waals surface area contributed by atoms with Gasteiger partial charge < -0.3 is 15.8 Å². The number of hydrogen-bond acceptors (Lipinski definition) is 6. The monoisotopic (exact) mass is 425 g/mol. The van der Waals surface area contributed by atoms with Gasteiger partial charge in [0.15, 0.2) is 5.82 Å². The molecule has 0 saturated heterocycles. The van der Waals surface area contributed by atoms with E-state index in [2.05, 4.69) is 20.5 Å². The Kier molecular flexibility index (Phi) is 4.74. The Morgan fingerprint density at radius 3 is 2.63 bits per heavy atom. The van der Waals surface area contributed by atoms with E-state index >= 15 is 0 Å². The van der Waals surface area contributed by atoms with Gasteiger partial charge in [0.25, 0.3) is 11.8 Å². The fraction of sp³-hybridized carbons (Fsp3) is 0.333. The Bertz CT molecular complexity index is 1130. The van der Waals surface area contributed by atoms with Crippen molar-refractivity contribution >= 4 is 28.2 Å². The highest BCUT2D eigenvalue weighted by molar-refractivity contribution is 7.17. The summed E-state index contributed by atoms with van der Waals surface area (Å²) < 4.78 is 6.22. The summed E-state index contributed by atoms with van der Waals surface area (Å²) in [4.78, 5) is 30.6. The summed E-state index contributed by atoms with van der Waals surface area (Å²) in [6.45, 7) is 7.87. The normalized spacial score (nSPS) is 16.7. The van der Waals surface area contributed by atoms with Crippen LogP contribution in [0, 0.1) is 0 Å².